The molecule has 3 aromatic rings. The van der Waals surface area contributed by atoms with Gasteiger partial charge in [-0.25, -0.2) is 4.79 Å². The average molecular weight is 587 g/mol. The molecule has 3 aromatic carbocycles. The van der Waals surface area contributed by atoms with Crippen molar-refractivity contribution in [3.63, 3.8) is 0 Å². The van der Waals surface area contributed by atoms with Crippen LogP contribution in [0.2, 0.25) is 0 Å². The van der Waals surface area contributed by atoms with Gasteiger partial charge in [-0.1, -0.05) is 27.7 Å². The fraction of sp³-hybridized carbons (Fsp3) is 0.429. The Kier molecular flexibility index (Phi) is 11.4. The molecule has 1 heterocycles. The van der Waals surface area contributed by atoms with Crippen LogP contribution < -0.4 is 25.4 Å². The summed E-state index contributed by atoms with van der Waals surface area (Å²) in [6.07, 6.45) is 4.04. The van der Waals surface area contributed by atoms with Crippen molar-refractivity contribution >= 4 is 23.3 Å². The van der Waals surface area contributed by atoms with Crippen LogP contribution in [-0.2, 0) is 0 Å². The van der Waals surface area contributed by atoms with Crippen molar-refractivity contribution in [1.29, 1.82) is 0 Å². The summed E-state index contributed by atoms with van der Waals surface area (Å²) in [6.45, 7) is 13.8. The summed E-state index contributed by atoms with van der Waals surface area (Å²) in [5, 5.41) is 8.79. The van der Waals surface area contributed by atoms with Gasteiger partial charge in [0.1, 0.15) is 23.4 Å². The minimum Gasteiger partial charge on any atom is -0.490 e. The molecule has 0 spiro atoms. The van der Waals surface area contributed by atoms with Crippen molar-refractivity contribution < 1.29 is 19.1 Å². The molecule has 230 valence electrons. The zero-order valence-electron chi connectivity index (χ0n) is 26.1. The topological polar surface area (TPSA) is 91.9 Å². The number of carbonyl (C=O) groups is 2. The normalized spacial score (nSPS) is 14.0. The van der Waals surface area contributed by atoms with Gasteiger partial charge in [0.2, 0.25) is 0 Å². The molecule has 0 bridgehead atoms. The molecular formula is C35H46N4O4. The van der Waals surface area contributed by atoms with Crippen molar-refractivity contribution in [2.45, 2.75) is 72.4 Å². The van der Waals surface area contributed by atoms with Gasteiger partial charge in [-0.2, -0.15) is 0 Å². The molecule has 0 unspecified atom stereocenters. The van der Waals surface area contributed by atoms with Gasteiger partial charge in [-0.05, 0) is 111 Å². The van der Waals surface area contributed by atoms with E-state index >= 15 is 0 Å². The van der Waals surface area contributed by atoms with Crippen LogP contribution in [0.1, 0.15) is 69.3 Å². The molecule has 1 saturated heterocycles. The van der Waals surface area contributed by atoms with Crippen LogP contribution in [-0.4, -0.2) is 48.6 Å². The first-order chi connectivity index (χ1) is 20.7. The largest absolute Gasteiger partial charge is 0.490 e. The van der Waals surface area contributed by atoms with E-state index in [4.69, 9.17) is 9.47 Å². The molecule has 0 radical (unpaired) electrons. The Balaban J connectivity index is 1.26. The highest BCUT2D eigenvalue weighted by atomic mass is 16.5. The maximum absolute atomic E-state index is 12.9. The van der Waals surface area contributed by atoms with Gasteiger partial charge in [0, 0.05) is 42.6 Å². The van der Waals surface area contributed by atoms with E-state index in [1.165, 1.54) is 0 Å². The number of urea groups is 1. The number of hydrogen-bond acceptors (Lipinski definition) is 5. The third kappa shape index (κ3) is 9.75. The molecule has 1 aliphatic rings. The molecule has 3 N–H and O–H groups in total. The number of carbonyl (C=O) groups excluding carboxylic acids is 2. The fourth-order valence-electron chi connectivity index (χ4n) is 5.23. The molecular weight excluding hydrogens is 540 g/mol. The van der Waals surface area contributed by atoms with E-state index < -0.39 is 0 Å². The summed E-state index contributed by atoms with van der Waals surface area (Å²) < 4.78 is 12.2. The summed E-state index contributed by atoms with van der Waals surface area (Å²) >= 11 is 0. The smallest absolute Gasteiger partial charge is 0.319 e. The molecule has 1 fully saturated rings. The SMILES string of the molecule is CCC(CC)NC(=O)Nc1ccc(Oc2ccc(NC(=O)c3ccc(OC4CCN(CC(C)C)CC4)cc3)cc2C)cc1. The lowest BCUT2D eigenvalue weighted by molar-refractivity contribution is 0.0941. The molecule has 0 saturated carbocycles. The van der Waals surface area contributed by atoms with E-state index in [9.17, 15) is 9.59 Å². The van der Waals surface area contributed by atoms with E-state index in [-0.39, 0.29) is 24.1 Å². The second kappa shape index (κ2) is 15.4. The minimum absolute atomic E-state index is 0.159. The standard InChI is InChI=1S/C35H46N4O4/c1-6-27(7-2)37-35(41)38-28-10-15-31(16-11-28)43-33-17-12-29(22-25(33)5)36-34(40)26-8-13-30(14-9-26)42-32-18-20-39(21-19-32)23-24(3)4/h8-17,22,24,27,32H,6-7,18-21,23H2,1-5H3,(H,36,40)(H2,37,38,41). The van der Waals surface area contributed by atoms with E-state index in [1.54, 1.807) is 24.3 Å². The fourth-order valence-corrected chi connectivity index (χ4v) is 5.23. The Morgan fingerprint density at radius 3 is 2.09 bits per heavy atom. The van der Waals surface area contributed by atoms with Crippen LogP contribution in [0.25, 0.3) is 0 Å². The second-order valence-electron chi connectivity index (χ2n) is 11.7. The second-order valence-corrected chi connectivity index (χ2v) is 11.7. The maximum atomic E-state index is 12.9. The number of ether oxygens (including phenoxy) is 2. The number of anilines is 2. The van der Waals surface area contributed by atoms with Gasteiger partial charge in [0.25, 0.3) is 5.91 Å². The van der Waals surface area contributed by atoms with Crippen LogP contribution in [0.4, 0.5) is 16.2 Å². The highest BCUT2D eigenvalue weighted by molar-refractivity contribution is 6.04. The Labute approximate surface area is 256 Å². The Morgan fingerprint density at radius 2 is 1.49 bits per heavy atom. The monoisotopic (exact) mass is 586 g/mol. The maximum Gasteiger partial charge on any atom is 0.319 e. The summed E-state index contributed by atoms with van der Waals surface area (Å²) in [6, 6.07) is 20.1. The van der Waals surface area contributed by atoms with Crippen molar-refractivity contribution in [2.24, 2.45) is 5.92 Å². The third-order valence-electron chi connectivity index (χ3n) is 7.67. The summed E-state index contributed by atoms with van der Waals surface area (Å²) in [7, 11) is 0. The Morgan fingerprint density at radius 1 is 0.860 bits per heavy atom. The zero-order valence-corrected chi connectivity index (χ0v) is 26.1. The number of amides is 3. The lowest BCUT2D eigenvalue weighted by Crippen LogP contribution is -2.39. The van der Waals surface area contributed by atoms with Crippen LogP contribution in [0.5, 0.6) is 17.2 Å². The number of nitrogens with zero attached hydrogens (tertiary/aromatic N) is 1. The first kappa shape index (κ1) is 31.9. The van der Waals surface area contributed by atoms with Crippen molar-refractivity contribution in [2.75, 3.05) is 30.3 Å². The summed E-state index contributed by atoms with van der Waals surface area (Å²) in [5.41, 5.74) is 2.83. The summed E-state index contributed by atoms with van der Waals surface area (Å²) in [5.74, 6) is 2.62. The van der Waals surface area contributed by atoms with Crippen LogP contribution in [0.15, 0.2) is 66.7 Å². The predicted molar refractivity (Wildman–Crippen MR) is 174 cm³/mol. The number of aryl methyl sites for hydroxylation is 1. The Hall–Kier alpha value is -4.04. The van der Waals surface area contributed by atoms with E-state index in [0.29, 0.717) is 34.4 Å². The molecule has 4 rings (SSSR count). The quantitative estimate of drug-likeness (QED) is 0.201. The average Bonchev–Trinajstić information content (AvgIpc) is 2.99. The molecule has 0 aromatic heterocycles. The number of benzene rings is 3. The van der Waals surface area contributed by atoms with Gasteiger partial charge in [0.05, 0.1) is 0 Å². The molecule has 43 heavy (non-hydrogen) atoms. The lowest BCUT2D eigenvalue weighted by Gasteiger charge is -2.33. The predicted octanol–water partition coefficient (Wildman–Crippen LogP) is 7.85. The molecule has 8 nitrogen and oxygen atoms in total. The van der Waals surface area contributed by atoms with Crippen molar-refractivity contribution in [3.8, 4) is 17.2 Å². The number of rotatable bonds is 12. The highest BCUT2D eigenvalue weighted by Crippen LogP contribution is 2.29. The van der Waals surface area contributed by atoms with Crippen LogP contribution in [0, 0.1) is 12.8 Å². The molecule has 3 amide bonds. The lowest BCUT2D eigenvalue weighted by atomic mass is 10.1. The number of nitrogens with one attached hydrogen (secondary N) is 3. The van der Waals surface area contributed by atoms with Crippen LogP contribution in [0.3, 0.4) is 0 Å². The van der Waals surface area contributed by atoms with Gasteiger partial charge >= 0.3 is 6.03 Å². The molecule has 1 aliphatic heterocycles. The van der Waals surface area contributed by atoms with Crippen molar-refractivity contribution in [3.05, 3.63) is 77.9 Å². The van der Waals surface area contributed by atoms with Gasteiger partial charge in [-0.3, -0.25) is 4.79 Å². The first-order valence-corrected chi connectivity index (χ1v) is 15.5. The number of piperidine rings is 1. The van der Waals surface area contributed by atoms with Gasteiger partial charge in [0.15, 0.2) is 0 Å². The molecule has 8 heteroatoms. The highest BCUT2D eigenvalue weighted by Gasteiger charge is 2.21. The van der Waals surface area contributed by atoms with Crippen molar-refractivity contribution in [1.82, 2.24) is 10.2 Å². The first-order valence-electron chi connectivity index (χ1n) is 15.5. The number of hydrogen-bond donors (Lipinski definition) is 3. The molecule has 0 atom stereocenters. The minimum atomic E-state index is -0.215. The Bertz CT molecular complexity index is 1330. The zero-order chi connectivity index (χ0) is 30.8. The van der Waals surface area contributed by atoms with Crippen LogP contribution >= 0.6 is 0 Å². The van der Waals surface area contributed by atoms with E-state index in [2.05, 4.69) is 48.5 Å². The van der Waals surface area contributed by atoms with E-state index in [0.717, 1.165) is 56.6 Å². The number of likely N-dealkylation sites (tertiary alicyclic amines) is 1. The van der Waals surface area contributed by atoms with Gasteiger partial charge < -0.3 is 30.3 Å². The third-order valence-corrected chi connectivity index (χ3v) is 7.67. The van der Waals surface area contributed by atoms with Gasteiger partial charge in [-0.15, -0.1) is 0 Å². The molecule has 0 aliphatic carbocycles. The summed E-state index contributed by atoms with van der Waals surface area (Å²) in [4.78, 5) is 27.6. The van der Waals surface area contributed by atoms with E-state index in [1.807, 2.05) is 49.4 Å².